The van der Waals surface area contributed by atoms with E-state index in [-0.39, 0.29) is 11.9 Å². The maximum absolute atomic E-state index is 11.4. The molecule has 0 fully saturated rings. The summed E-state index contributed by atoms with van der Waals surface area (Å²) >= 11 is 0. The molecule has 28 heavy (non-hydrogen) atoms. The van der Waals surface area contributed by atoms with Crippen LogP contribution < -0.4 is 23.7 Å². The smallest absolute Gasteiger partial charge is 0.308 e. The summed E-state index contributed by atoms with van der Waals surface area (Å²) in [5.74, 6) is 1.80. The first-order valence-electron chi connectivity index (χ1n) is 8.85. The number of hydrogen-bond donors (Lipinski definition) is 0. The highest BCUT2D eigenvalue weighted by Gasteiger charge is 2.20. The second-order valence-electron chi connectivity index (χ2n) is 6.02. The second-order valence-corrected chi connectivity index (χ2v) is 6.02. The van der Waals surface area contributed by atoms with Gasteiger partial charge in [-0.05, 0) is 49.2 Å². The van der Waals surface area contributed by atoms with Crippen molar-refractivity contribution in [3.63, 3.8) is 0 Å². The van der Waals surface area contributed by atoms with E-state index in [0.717, 1.165) is 11.1 Å². The van der Waals surface area contributed by atoms with Crippen molar-refractivity contribution in [2.24, 2.45) is 0 Å². The first kappa shape index (κ1) is 21.2. The fourth-order valence-corrected chi connectivity index (χ4v) is 2.72. The Labute approximate surface area is 165 Å². The van der Waals surface area contributed by atoms with Gasteiger partial charge in [-0.1, -0.05) is 18.2 Å². The monoisotopic (exact) mass is 386 g/mol. The molecule has 0 N–H and O–H groups in total. The van der Waals surface area contributed by atoms with Crippen LogP contribution in [0.15, 0.2) is 36.4 Å². The minimum absolute atomic E-state index is 0.238. The van der Waals surface area contributed by atoms with Gasteiger partial charge in [0.25, 0.3) is 0 Å². The summed E-state index contributed by atoms with van der Waals surface area (Å²) in [6.45, 7) is 5.18. The van der Waals surface area contributed by atoms with E-state index < -0.39 is 5.97 Å². The van der Waals surface area contributed by atoms with Crippen LogP contribution in [0.25, 0.3) is 6.08 Å². The molecule has 0 bridgehead atoms. The van der Waals surface area contributed by atoms with Crippen LogP contribution in [-0.4, -0.2) is 27.3 Å². The minimum atomic E-state index is -0.459. The lowest BCUT2D eigenvalue weighted by Crippen LogP contribution is -2.08. The second kappa shape index (κ2) is 9.69. The molecule has 0 heterocycles. The van der Waals surface area contributed by atoms with Crippen LogP contribution in [0.5, 0.6) is 28.7 Å². The highest BCUT2D eigenvalue weighted by atomic mass is 16.6. The molecule has 0 aliphatic heterocycles. The van der Waals surface area contributed by atoms with E-state index >= 15 is 0 Å². The van der Waals surface area contributed by atoms with Crippen molar-refractivity contribution in [2.45, 2.75) is 26.9 Å². The van der Waals surface area contributed by atoms with Gasteiger partial charge in [0, 0.05) is 6.92 Å². The average molecular weight is 386 g/mol. The Morgan fingerprint density at radius 3 is 2.04 bits per heavy atom. The van der Waals surface area contributed by atoms with Crippen molar-refractivity contribution in [1.29, 1.82) is 0 Å². The molecule has 0 saturated heterocycles. The Morgan fingerprint density at radius 1 is 0.929 bits per heavy atom. The Morgan fingerprint density at radius 2 is 1.54 bits per heavy atom. The lowest BCUT2D eigenvalue weighted by molar-refractivity contribution is -0.132. The van der Waals surface area contributed by atoms with Gasteiger partial charge in [-0.2, -0.15) is 0 Å². The topological polar surface area (TPSA) is 63.2 Å². The molecule has 1 atom stereocenters. The normalized spacial score (nSPS) is 11.8. The molecule has 1 unspecified atom stereocenters. The fraction of sp³-hybridized carbons (Fsp3) is 0.318. The van der Waals surface area contributed by atoms with Gasteiger partial charge in [0.2, 0.25) is 5.75 Å². The number of carbonyl (C=O) groups excluding carboxylic acids is 1. The van der Waals surface area contributed by atoms with Crippen LogP contribution in [0.1, 0.15) is 38.0 Å². The lowest BCUT2D eigenvalue weighted by Gasteiger charge is -2.20. The minimum Gasteiger partial charge on any atom is -0.493 e. The molecule has 0 saturated carbocycles. The van der Waals surface area contributed by atoms with Gasteiger partial charge in [0.05, 0.1) is 21.3 Å². The SMILES string of the molecule is C/C=C/c1ccc(OC(C)c2cc(OC)c(OC(C)=O)c(OC)c2)c(OC)c1. The average Bonchev–Trinajstić information content (AvgIpc) is 2.68. The first-order valence-corrected chi connectivity index (χ1v) is 8.85. The Bertz CT molecular complexity index is 831. The third-order valence-electron chi connectivity index (χ3n) is 4.05. The molecule has 2 aromatic carbocycles. The molecule has 2 rings (SSSR count). The Hall–Kier alpha value is -3.15. The van der Waals surface area contributed by atoms with Crippen molar-refractivity contribution in [3.8, 4) is 28.7 Å². The van der Waals surface area contributed by atoms with E-state index in [2.05, 4.69) is 0 Å². The molecule has 0 radical (unpaired) electrons. The van der Waals surface area contributed by atoms with Gasteiger partial charge in [-0.25, -0.2) is 0 Å². The number of benzene rings is 2. The van der Waals surface area contributed by atoms with E-state index in [1.54, 1.807) is 19.2 Å². The first-order chi connectivity index (χ1) is 13.4. The van der Waals surface area contributed by atoms with Gasteiger partial charge in [0.1, 0.15) is 6.10 Å². The van der Waals surface area contributed by atoms with E-state index in [1.165, 1.54) is 21.1 Å². The van der Waals surface area contributed by atoms with Crippen LogP contribution >= 0.6 is 0 Å². The van der Waals surface area contributed by atoms with Crippen LogP contribution in [0.3, 0.4) is 0 Å². The van der Waals surface area contributed by atoms with E-state index in [4.69, 9.17) is 23.7 Å². The number of esters is 1. The predicted octanol–water partition coefficient (Wildman–Crippen LogP) is 4.81. The zero-order valence-electron chi connectivity index (χ0n) is 17.1. The number of methoxy groups -OCH3 is 3. The molecule has 0 aromatic heterocycles. The third kappa shape index (κ3) is 4.97. The third-order valence-corrected chi connectivity index (χ3v) is 4.05. The summed E-state index contributed by atoms with van der Waals surface area (Å²) in [6.07, 6.45) is 3.61. The number of allylic oxidation sites excluding steroid dienone is 1. The van der Waals surface area contributed by atoms with E-state index in [9.17, 15) is 4.79 Å². The van der Waals surface area contributed by atoms with Crippen molar-refractivity contribution in [1.82, 2.24) is 0 Å². The molecule has 0 aliphatic rings. The van der Waals surface area contributed by atoms with E-state index in [0.29, 0.717) is 23.0 Å². The van der Waals surface area contributed by atoms with Gasteiger partial charge in [0.15, 0.2) is 23.0 Å². The molecule has 6 nitrogen and oxygen atoms in total. The predicted molar refractivity (Wildman–Crippen MR) is 108 cm³/mol. The highest BCUT2D eigenvalue weighted by molar-refractivity contribution is 5.72. The summed E-state index contributed by atoms with van der Waals surface area (Å²) in [6, 6.07) is 9.24. The number of ether oxygens (including phenoxy) is 5. The quantitative estimate of drug-likeness (QED) is 0.479. The largest absolute Gasteiger partial charge is 0.493 e. The van der Waals surface area contributed by atoms with Crippen molar-refractivity contribution in [3.05, 3.63) is 47.5 Å². The molecular formula is C22H26O6. The molecule has 0 aliphatic carbocycles. The van der Waals surface area contributed by atoms with Gasteiger partial charge in [-0.3, -0.25) is 4.79 Å². The molecule has 0 amide bonds. The highest BCUT2D eigenvalue weighted by Crippen LogP contribution is 2.41. The van der Waals surface area contributed by atoms with E-state index in [1.807, 2.05) is 44.2 Å². The van der Waals surface area contributed by atoms with Crippen LogP contribution in [0, 0.1) is 0 Å². The van der Waals surface area contributed by atoms with Crippen molar-refractivity contribution in [2.75, 3.05) is 21.3 Å². The lowest BCUT2D eigenvalue weighted by atomic mass is 10.1. The summed E-state index contributed by atoms with van der Waals surface area (Å²) in [5.41, 5.74) is 1.82. The summed E-state index contributed by atoms with van der Waals surface area (Å²) in [4.78, 5) is 11.4. The molecule has 0 spiro atoms. The maximum atomic E-state index is 11.4. The Balaban J connectivity index is 2.36. The van der Waals surface area contributed by atoms with Crippen LogP contribution in [-0.2, 0) is 4.79 Å². The van der Waals surface area contributed by atoms with Crippen molar-refractivity contribution >= 4 is 12.0 Å². The fourth-order valence-electron chi connectivity index (χ4n) is 2.72. The molecule has 6 heteroatoms. The molecule has 2 aromatic rings. The van der Waals surface area contributed by atoms with Crippen molar-refractivity contribution < 1.29 is 28.5 Å². The molecule has 150 valence electrons. The van der Waals surface area contributed by atoms with Crippen LogP contribution in [0.4, 0.5) is 0 Å². The summed E-state index contributed by atoms with van der Waals surface area (Å²) < 4.78 is 27.5. The summed E-state index contributed by atoms with van der Waals surface area (Å²) in [5, 5.41) is 0. The maximum Gasteiger partial charge on any atom is 0.308 e. The zero-order valence-corrected chi connectivity index (χ0v) is 17.1. The van der Waals surface area contributed by atoms with Gasteiger partial charge < -0.3 is 23.7 Å². The van der Waals surface area contributed by atoms with Crippen LogP contribution in [0.2, 0.25) is 0 Å². The van der Waals surface area contributed by atoms with Gasteiger partial charge in [-0.15, -0.1) is 0 Å². The van der Waals surface area contributed by atoms with Gasteiger partial charge >= 0.3 is 5.97 Å². The Kier molecular flexibility index (Phi) is 7.32. The number of rotatable bonds is 8. The molecular weight excluding hydrogens is 360 g/mol. The summed E-state index contributed by atoms with van der Waals surface area (Å²) in [7, 11) is 4.60. The number of carbonyl (C=O) groups is 1. The zero-order chi connectivity index (χ0) is 20.7. The standard InChI is InChI=1S/C22H26O6/c1-7-8-16-9-10-18(19(11-16)24-4)27-14(2)17-12-20(25-5)22(28-15(3)23)21(13-17)26-6/h7-14H,1-6H3/b8-7+. The number of hydrogen-bond acceptors (Lipinski definition) is 6.